The first-order valence-electron chi connectivity index (χ1n) is 4.31. The molecule has 0 saturated carbocycles. The lowest BCUT2D eigenvalue weighted by atomic mass is 10.2. The highest BCUT2D eigenvalue weighted by Crippen LogP contribution is 2.23. The molecule has 0 atom stereocenters. The molecule has 0 saturated heterocycles. The van der Waals surface area contributed by atoms with Gasteiger partial charge in [-0.3, -0.25) is 5.41 Å². The maximum atomic E-state index is 7.39. The third kappa shape index (κ3) is 2.73. The van der Waals surface area contributed by atoms with Crippen molar-refractivity contribution in [1.82, 2.24) is 0 Å². The molecule has 0 fully saturated rings. The fourth-order valence-electron chi connectivity index (χ4n) is 1.07. The van der Waals surface area contributed by atoms with Crippen molar-refractivity contribution in [2.24, 2.45) is 5.73 Å². The van der Waals surface area contributed by atoms with Gasteiger partial charge in [0.15, 0.2) is 0 Å². The molecular formula is C10H13BrN2O. The number of rotatable bonds is 3. The van der Waals surface area contributed by atoms with Crippen molar-refractivity contribution >= 4 is 21.8 Å². The first-order valence-corrected chi connectivity index (χ1v) is 5.10. The van der Waals surface area contributed by atoms with E-state index >= 15 is 0 Å². The third-order valence-corrected chi connectivity index (χ3v) is 2.09. The number of nitrogens with two attached hydrogens (primary N) is 1. The van der Waals surface area contributed by atoms with Crippen LogP contribution in [-0.2, 0) is 0 Å². The number of ether oxygens (including phenoxy) is 1. The van der Waals surface area contributed by atoms with Crippen molar-refractivity contribution in [3.05, 3.63) is 28.2 Å². The summed E-state index contributed by atoms with van der Waals surface area (Å²) in [5.74, 6) is 0.664. The summed E-state index contributed by atoms with van der Waals surface area (Å²) < 4.78 is 6.41. The highest BCUT2D eigenvalue weighted by atomic mass is 79.9. The predicted octanol–water partition coefficient (Wildman–Crippen LogP) is 2.52. The Bertz CT molecular complexity index is 350. The average Bonchev–Trinajstić information content (AvgIpc) is 2.07. The molecule has 0 aromatic heterocycles. The number of nitrogen functional groups attached to an aromatic ring is 1. The van der Waals surface area contributed by atoms with E-state index in [1.165, 1.54) is 0 Å². The molecule has 0 aliphatic rings. The summed E-state index contributed by atoms with van der Waals surface area (Å²) in [5.41, 5.74) is 6.06. The van der Waals surface area contributed by atoms with Gasteiger partial charge in [-0.15, -0.1) is 0 Å². The van der Waals surface area contributed by atoms with E-state index in [0.29, 0.717) is 11.3 Å². The fraction of sp³-hybridized carbons (Fsp3) is 0.300. The lowest BCUT2D eigenvalue weighted by Crippen LogP contribution is -2.15. The van der Waals surface area contributed by atoms with Crippen molar-refractivity contribution in [2.45, 2.75) is 20.0 Å². The number of nitrogens with one attached hydrogen (secondary N) is 1. The van der Waals surface area contributed by atoms with Crippen LogP contribution >= 0.6 is 15.9 Å². The highest BCUT2D eigenvalue weighted by Gasteiger charge is 2.08. The van der Waals surface area contributed by atoms with Gasteiger partial charge in [0.25, 0.3) is 0 Å². The van der Waals surface area contributed by atoms with Crippen LogP contribution in [0.3, 0.4) is 0 Å². The van der Waals surface area contributed by atoms with E-state index in [1.54, 1.807) is 12.1 Å². The maximum Gasteiger partial charge on any atom is 0.130 e. The Balaban J connectivity index is 3.08. The number of hydrogen-bond donors (Lipinski definition) is 2. The van der Waals surface area contributed by atoms with Crippen LogP contribution in [0.4, 0.5) is 0 Å². The SMILES string of the molecule is CC(C)Oc1ccc(Br)cc1C(=N)N. The Morgan fingerprint density at radius 3 is 2.64 bits per heavy atom. The Kier molecular flexibility index (Phi) is 3.52. The summed E-state index contributed by atoms with van der Waals surface area (Å²) in [5, 5.41) is 7.39. The van der Waals surface area contributed by atoms with E-state index in [0.717, 1.165) is 4.47 Å². The van der Waals surface area contributed by atoms with E-state index < -0.39 is 0 Å². The summed E-state index contributed by atoms with van der Waals surface area (Å²) >= 11 is 3.32. The lowest BCUT2D eigenvalue weighted by molar-refractivity contribution is 0.242. The van der Waals surface area contributed by atoms with Crippen molar-refractivity contribution in [3.63, 3.8) is 0 Å². The van der Waals surface area contributed by atoms with Gasteiger partial charge in [-0.05, 0) is 32.0 Å². The summed E-state index contributed by atoms with van der Waals surface area (Å²) in [6.45, 7) is 3.87. The zero-order valence-corrected chi connectivity index (χ0v) is 9.76. The van der Waals surface area contributed by atoms with Crippen LogP contribution in [0.25, 0.3) is 0 Å². The molecule has 0 spiro atoms. The zero-order valence-electron chi connectivity index (χ0n) is 8.17. The van der Waals surface area contributed by atoms with Crippen LogP contribution in [0, 0.1) is 5.41 Å². The second kappa shape index (κ2) is 4.46. The standard InChI is InChI=1S/C10H13BrN2O/c1-6(2)14-9-4-3-7(11)5-8(9)10(12)13/h3-6H,1-2H3,(H3,12,13). The first-order chi connectivity index (χ1) is 6.50. The molecule has 1 aromatic rings. The number of benzene rings is 1. The minimum atomic E-state index is 0.0157. The largest absolute Gasteiger partial charge is 0.490 e. The Morgan fingerprint density at radius 2 is 2.14 bits per heavy atom. The summed E-state index contributed by atoms with van der Waals surface area (Å²) in [7, 11) is 0. The normalized spacial score (nSPS) is 10.3. The van der Waals surface area contributed by atoms with Crippen LogP contribution in [0.2, 0.25) is 0 Å². The van der Waals surface area contributed by atoms with Crippen molar-refractivity contribution in [2.75, 3.05) is 0 Å². The van der Waals surface area contributed by atoms with E-state index in [4.69, 9.17) is 15.9 Å². The van der Waals surface area contributed by atoms with Gasteiger partial charge in [0, 0.05) is 4.47 Å². The quantitative estimate of drug-likeness (QED) is 0.645. The number of halogens is 1. The van der Waals surface area contributed by atoms with Crippen molar-refractivity contribution < 1.29 is 4.74 Å². The summed E-state index contributed by atoms with van der Waals surface area (Å²) in [6, 6.07) is 5.45. The molecule has 1 aromatic carbocycles. The molecule has 0 bridgehead atoms. The lowest BCUT2D eigenvalue weighted by Gasteiger charge is -2.13. The Labute approximate surface area is 91.9 Å². The van der Waals surface area contributed by atoms with Crippen LogP contribution in [0.5, 0.6) is 5.75 Å². The minimum Gasteiger partial charge on any atom is -0.490 e. The highest BCUT2D eigenvalue weighted by molar-refractivity contribution is 9.10. The molecule has 0 aliphatic carbocycles. The third-order valence-electron chi connectivity index (χ3n) is 1.59. The molecule has 0 amide bonds. The van der Waals surface area contributed by atoms with E-state index in [2.05, 4.69) is 15.9 Å². The zero-order chi connectivity index (χ0) is 10.7. The van der Waals surface area contributed by atoms with Gasteiger partial charge >= 0.3 is 0 Å². The molecule has 0 heterocycles. The molecule has 0 unspecified atom stereocenters. The molecular weight excluding hydrogens is 244 g/mol. The molecule has 3 nitrogen and oxygen atoms in total. The van der Waals surface area contributed by atoms with Crippen LogP contribution in [-0.4, -0.2) is 11.9 Å². The van der Waals surface area contributed by atoms with Gasteiger partial charge in [0.05, 0.1) is 11.7 Å². The van der Waals surface area contributed by atoms with Gasteiger partial charge < -0.3 is 10.5 Å². The number of hydrogen-bond acceptors (Lipinski definition) is 2. The summed E-state index contributed by atoms with van der Waals surface area (Å²) in [6.07, 6.45) is 0.0780. The van der Waals surface area contributed by atoms with Gasteiger partial charge in [-0.25, -0.2) is 0 Å². The maximum absolute atomic E-state index is 7.39. The smallest absolute Gasteiger partial charge is 0.130 e. The van der Waals surface area contributed by atoms with Crippen molar-refractivity contribution in [1.29, 1.82) is 5.41 Å². The van der Waals surface area contributed by atoms with Gasteiger partial charge in [-0.2, -0.15) is 0 Å². The van der Waals surface area contributed by atoms with Crippen molar-refractivity contribution in [3.8, 4) is 5.75 Å². The van der Waals surface area contributed by atoms with Gasteiger partial charge in [0.1, 0.15) is 11.6 Å². The van der Waals surface area contributed by atoms with E-state index in [1.807, 2.05) is 19.9 Å². The van der Waals surface area contributed by atoms with Crippen LogP contribution < -0.4 is 10.5 Å². The topological polar surface area (TPSA) is 59.1 Å². The molecule has 76 valence electrons. The number of amidine groups is 1. The fourth-order valence-corrected chi connectivity index (χ4v) is 1.43. The van der Waals surface area contributed by atoms with Gasteiger partial charge in [-0.1, -0.05) is 15.9 Å². The van der Waals surface area contributed by atoms with Gasteiger partial charge in [0.2, 0.25) is 0 Å². The molecule has 0 radical (unpaired) electrons. The van der Waals surface area contributed by atoms with Crippen LogP contribution in [0.15, 0.2) is 22.7 Å². The first kappa shape index (κ1) is 11.0. The summed E-state index contributed by atoms with van der Waals surface area (Å²) in [4.78, 5) is 0. The van der Waals surface area contributed by atoms with E-state index in [-0.39, 0.29) is 11.9 Å². The molecule has 4 heteroatoms. The molecule has 3 N–H and O–H groups in total. The Morgan fingerprint density at radius 1 is 1.50 bits per heavy atom. The molecule has 14 heavy (non-hydrogen) atoms. The molecule has 1 rings (SSSR count). The van der Waals surface area contributed by atoms with Crippen LogP contribution in [0.1, 0.15) is 19.4 Å². The monoisotopic (exact) mass is 256 g/mol. The molecule has 0 aliphatic heterocycles. The predicted molar refractivity (Wildman–Crippen MR) is 60.9 cm³/mol. The Hall–Kier alpha value is -1.03. The second-order valence-electron chi connectivity index (χ2n) is 3.22. The minimum absolute atomic E-state index is 0.0157. The average molecular weight is 257 g/mol. The second-order valence-corrected chi connectivity index (χ2v) is 4.14. The van der Waals surface area contributed by atoms with E-state index in [9.17, 15) is 0 Å².